The van der Waals surface area contributed by atoms with Gasteiger partial charge >= 0.3 is 60.7 Å². The van der Waals surface area contributed by atoms with Crippen LogP contribution in [-0.4, -0.2) is 64.4 Å². The molecule has 0 aromatic carbocycles. The van der Waals surface area contributed by atoms with Crippen molar-refractivity contribution >= 4 is 71.4 Å². The summed E-state index contributed by atoms with van der Waals surface area (Å²) in [6.45, 7) is 0. The molecule has 0 spiro atoms. The van der Waals surface area contributed by atoms with Crippen LogP contribution in [0.25, 0.3) is 0 Å². The van der Waals surface area contributed by atoms with Crippen molar-refractivity contribution in [3.05, 3.63) is 0 Å². The Kier molecular flexibility index (Phi) is 6.80. The fourth-order valence-electron chi connectivity index (χ4n) is 0. The average Bonchev–Trinajstić information content (AvgIpc) is 0.722. The van der Waals surface area contributed by atoms with E-state index in [9.17, 15) is 0 Å². The van der Waals surface area contributed by atoms with Crippen molar-refractivity contribution in [3.8, 4) is 0 Å². The Morgan fingerprint density at radius 3 is 1.50 bits per heavy atom. The Bertz CT molecular complexity index is 94.0. The van der Waals surface area contributed by atoms with E-state index in [2.05, 4.69) is 10.7 Å². The molecule has 6 heteroatoms. The summed E-state index contributed by atoms with van der Waals surface area (Å²) in [6, 6.07) is 0. The summed E-state index contributed by atoms with van der Waals surface area (Å²) in [7, 11) is -0.137. The molecule has 0 saturated heterocycles. The SMILES string of the molecule is O=S(=O)(O)Cl.[KH]. The van der Waals surface area contributed by atoms with Gasteiger partial charge in [0.2, 0.25) is 0 Å². The minimum absolute atomic E-state index is 0. The molecule has 0 atom stereocenters. The van der Waals surface area contributed by atoms with E-state index in [0.717, 1.165) is 0 Å². The quantitative estimate of drug-likeness (QED) is 0.289. The average molecular weight is 157 g/mol. The van der Waals surface area contributed by atoms with Crippen LogP contribution in [-0.2, 0) is 9.33 Å². The van der Waals surface area contributed by atoms with Crippen LogP contribution in [0.5, 0.6) is 0 Å². The fourth-order valence-corrected chi connectivity index (χ4v) is 0. The molecule has 0 aliphatic heterocycles. The van der Waals surface area contributed by atoms with E-state index in [0.29, 0.717) is 0 Å². The van der Waals surface area contributed by atoms with Crippen LogP contribution in [0.1, 0.15) is 0 Å². The van der Waals surface area contributed by atoms with Crippen molar-refractivity contribution < 1.29 is 13.0 Å². The van der Waals surface area contributed by atoms with E-state index in [1.54, 1.807) is 0 Å². The Hall–Kier alpha value is 1.84. The van der Waals surface area contributed by atoms with Gasteiger partial charge in [-0.15, -0.1) is 0 Å². The van der Waals surface area contributed by atoms with Gasteiger partial charge in [0.1, 0.15) is 0 Å². The molecule has 0 amide bonds. The van der Waals surface area contributed by atoms with Crippen LogP contribution in [0, 0.1) is 0 Å². The molecule has 0 heterocycles. The van der Waals surface area contributed by atoms with Crippen LogP contribution in [0.4, 0.5) is 0 Å². The van der Waals surface area contributed by atoms with Gasteiger partial charge in [-0.05, 0) is 0 Å². The van der Waals surface area contributed by atoms with Crippen molar-refractivity contribution in [1.29, 1.82) is 0 Å². The molecule has 0 aromatic rings. The molecule has 0 fully saturated rings. The second-order valence-corrected chi connectivity index (χ2v) is 2.41. The normalized spacial score (nSPS) is 9.67. The predicted octanol–water partition coefficient (Wildman–Crippen LogP) is -0.620. The first-order chi connectivity index (χ1) is 2.00. The van der Waals surface area contributed by atoms with Crippen LogP contribution in [0.2, 0.25) is 0 Å². The molecule has 0 unspecified atom stereocenters. The molecule has 0 aromatic heterocycles. The summed E-state index contributed by atoms with van der Waals surface area (Å²) in [5.74, 6) is 0. The number of hydrogen-bond donors (Lipinski definition) is 1. The topological polar surface area (TPSA) is 54.4 Å². The van der Waals surface area contributed by atoms with Crippen molar-refractivity contribution in [2.24, 2.45) is 0 Å². The molecule has 0 aliphatic carbocycles. The summed E-state index contributed by atoms with van der Waals surface area (Å²) in [6.07, 6.45) is 0. The van der Waals surface area contributed by atoms with Crippen LogP contribution in [0.15, 0.2) is 0 Å². The molecule has 3 nitrogen and oxygen atoms in total. The first-order valence-electron chi connectivity index (χ1n) is 0.670. The van der Waals surface area contributed by atoms with Crippen molar-refractivity contribution in [1.82, 2.24) is 0 Å². The maximum atomic E-state index is 8.95. The van der Waals surface area contributed by atoms with Gasteiger partial charge in [-0.2, -0.15) is 8.42 Å². The Labute approximate surface area is 82.7 Å². The van der Waals surface area contributed by atoms with Crippen molar-refractivity contribution in [2.45, 2.75) is 0 Å². The van der Waals surface area contributed by atoms with Gasteiger partial charge < -0.3 is 0 Å². The van der Waals surface area contributed by atoms with Gasteiger partial charge in [0.05, 0.1) is 0 Å². The maximum absolute atomic E-state index is 8.95. The van der Waals surface area contributed by atoms with E-state index in [1.165, 1.54) is 0 Å². The van der Waals surface area contributed by atoms with Crippen LogP contribution >= 0.6 is 10.7 Å². The summed E-state index contributed by atoms with van der Waals surface area (Å²) < 4.78 is 25.2. The molecule has 1 N–H and O–H groups in total. The number of hydrogen-bond acceptors (Lipinski definition) is 2. The van der Waals surface area contributed by atoms with Gasteiger partial charge in [-0.3, -0.25) is 4.55 Å². The van der Waals surface area contributed by atoms with Crippen molar-refractivity contribution in [2.75, 3.05) is 0 Å². The molecule has 34 valence electrons. The zero-order valence-corrected chi connectivity index (χ0v) is 3.62. The summed E-state index contributed by atoms with van der Waals surface area (Å²) >= 11 is 0. The zero-order chi connectivity index (χ0) is 4.50. The molecular formula is H2ClKO3S. The molecule has 0 saturated carbocycles. The van der Waals surface area contributed by atoms with Gasteiger partial charge in [0.25, 0.3) is 0 Å². The third kappa shape index (κ3) is 40.5. The summed E-state index contributed by atoms with van der Waals surface area (Å²) in [5.41, 5.74) is 0. The number of rotatable bonds is 0. The van der Waals surface area contributed by atoms with Crippen LogP contribution in [0.3, 0.4) is 0 Å². The van der Waals surface area contributed by atoms with E-state index < -0.39 is 9.33 Å². The minimum atomic E-state index is -4.19. The third-order valence-corrected chi connectivity index (χ3v) is 0. The Morgan fingerprint density at radius 1 is 1.50 bits per heavy atom. The molecule has 6 heavy (non-hydrogen) atoms. The fraction of sp³-hybridized carbons (Fsp3) is 0. The molecule has 0 rings (SSSR count). The van der Waals surface area contributed by atoms with Gasteiger partial charge in [-0.25, -0.2) is 0 Å². The zero-order valence-electron chi connectivity index (χ0n) is 2.05. The van der Waals surface area contributed by atoms with Crippen molar-refractivity contribution in [3.63, 3.8) is 0 Å². The van der Waals surface area contributed by atoms with E-state index in [4.69, 9.17) is 13.0 Å². The molecule has 0 bridgehead atoms. The third-order valence-electron chi connectivity index (χ3n) is 0. The second-order valence-electron chi connectivity index (χ2n) is 0.412. The first-order valence-corrected chi connectivity index (χ1v) is 2.94. The summed E-state index contributed by atoms with van der Waals surface area (Å²) in [5, 5.41) is 0. The molecule has 0 aliphatic rings. The van der Waals surface area contributed by atoms with E-state index >= 15 is 0 Å². The van der Waals surface area contributed by atoms with Gasteiger partial charge in [-0.1, -0.05) is 0 Å². The van der Waals surface area contributed by atoms with E-state index in [1.807, 2.05) is 0 Å². The van der Waals surface area contributed by atoms with Gasteiger partial charge in [0, 0.05) is 10.7 Å². The Morgan fingerprint density at radius 2 is 1.50 bits per heavy atom. The first kappa shape index (κ1) is 10.8. The summed E-state index contributed by atoms with van der Waals surface area (Å²) in [4.78, 5) is 0. The molecule has 0 radical (unpaired) electrons. The number of halogens is 1. The standard InChI is InChI=1S/ClHO3S.K.H/c1-5(2,3)4;;/h(H,2,3,4);;. The Balaban J connectivity index is 0. The van der Waals surface area contributed by atoms with Crippen LogP contribution < -0.4 is 0 Å². The second kappa shape index (κ2) is 3.79. The molecular weight excluding hydrogens is 155 g/mol. The van der Waals surface area contributed by atoms with Gasteiger partial charge in [0.15, 0.2) is 0 Å². The monoisotopic (exact) mass is 156 g/mol. The van der Waals surface area contributed by atoms with E-state index in [-0.39, 0.29) is 51.4 Å². The predicted molar refractivity (Wildman–Crippen MR) is 24.6 cm³/mol.